The fraction of sp³-hybridized carbons (Fsp3) is 0.818. The van der Waals surface area contributed by atoms with E-state index in [1.165, 1.54) is 4.90 Å². The Balaban J connectivity index is 3.17. The molecule has 0 saturated carbocycles. The van der Waals surface area contributed by atoms with Crippen molar-refractivity contribution in [3.05, 3.63) is 0 Å². The van der Waals surface area contributed by atoms with Gasteiger partial charge in [-0.05, 0) is 27.2 Å². The number of carbonyl (C=O) groups is 2. The highest BCUT2D eigenvalue weighted by molar-refractivity contribution is 6.08. The van der Waals surface area contributed by atoms with Gasteiger partial charge in [0.2, 0.25) is 11.8 Å². The lowest BCUT2D eigenvalue weighted by molar-refractivity contribution is -0.139. The van der Waals surface area contributed by atoms with Crippen molar-refractivity contribution in [1.29, 1.82) is 0 Å². The van der Waals surface area contributed by atoms with Crippen LogP contribution in [0.15, 0.2) is 0 Å². The summed E-state index contributed by atoms with van der Waals surface area (Å²) in [7, 11) is 1.58. The number of nitrogens with zero attached hydrogens (tertiary/aromatic N) is 1. The molecular formula is C11H19NO2. The van der Waals surface area contributed by atoms with E-state index in [9.17, 15) is 9.59 Å². The molecule has 2 amide bonds. The van der Waals surface area contributed by atoms with Crippen LogP contribution in [-0.4, -0.2) is 23.8 Å². The maximum absolute atomic E-state index is 11.9. The lowest BCUT2D eigenvalue weighted by Gasteiger charge is -2.32. The van der Waals surface area contributed by atoms with Crippen molar-refractivity contribution in [3.8, 4) is 0 Å². The average molecular weight is 197 g/mol. The number of amides is 2. The van der Waals surface area contributed by atoms with E-state index in [1.54, 1.807) is 7.05 Å². The van der Waals surface area contributed by atoms with Gasteiger partial charge in [-0.2, -0.15) is 0 Å². The molecule has 0 aliphatic carbocycles. The predicted molar refractivity (Wildman–Crippen MR) is 54.6 cm³/mol. The molecule has 1 atom stereocenters. The van der Waals surface area contributed by atoms with Crippen LogP contribution in [0.3, 0.4) is 0 Å². The summed E-state index contributed by atoms with van der Waals surface area (Å²) in [5.41, 5.74) is -1.08. The van der Waals surface area contributed by atoms with Gasteiger partial charge < -0.3 is 0 Å². The maximum atomic E-state index is 11.9. The summed E-state index contributed by atoms with van der Waals surface area (Å²) in [6.07, 6.45) is 1.70. The van der Waals surface area contributed by atoms with Crippen LogP contribution in [0.5, 0.6) is 0 Å². The highest BCUT2D eigenvalue weighted by Gasteiger charge is 2.59. The highest BCUT2D eigenvalue weighted by atomic mass is 16.2. The number of imide groups is 1. The summed E-state index contributed by atoms with van der Waals surface area (Å²) >= 11 is 0. The average Bonchev–Trinajstić information content (AvgIpc) is 2.22. The summed E-state index contributed by atoms with van der Waals surface area (Å²) in [5.74, 6) is -0.0900. The van der Waals surface area contributed by atoms with Crippen molar-refractivity contribution in [2.45, 2.75) is 40.5 Å². The zero-order valence-electron chi connectivity index (χ0n) is 9.68. The zero-order chi connectivity index (χ0) is 11.1. The van der Waals surface area contributed by atoms with Crippen molar-refractivity contribution in [3.63, 3.8) is 0 Å². The first-order valence-electron chi connectivity index (χ1n) is 5.11. The molecule has 0 spiro atoms. The number of rotatable bonds is 2. The van der Waals surface area contributed by atoms with Crippen molar-refractivity contribution in [2.75, 3.05) is 7.05 Å². The van der Waals surface area contributed by atoms with E-state index >= 15 is 0 Å². The van der Waals surface area contributed by atoms with Crippen LogP contribution in [0.2, 0.25) is 0 Å². The Hall–Kier alpha value is -0.860. The molecule has 0 aromatic rings. The molecular weight excluding hydrogens is 178 g/mol. The van der Waals surface area contributed by atoms with Gasteiger partial charge >= 0.3 is 0 Å². The van der Waals surface area contributed by atoms with E-state index in [0.29, 0.717) is 0 Å². The van der Waals surface area contributed by atoms with E-state index in [-0.39, 0.29) is 11.8 Å². The molecule has 1 saturated heterocycles. The minimum Gasteiger partial charge on any atom is -0.285 e. The van der Waals surface area contributed by atoms with Crippen LogP contribution in [-0.2, 0) is 9.59 Å². The van der Waals surface area contributed by atoms with E-state index < -0.39 is 10.8 Å². The quantitative estimate of drug-likeness (QED) is 0.633. The molecule has 1 aliphatic heterocycles. The molecule has 3 nitrogen and oxygen atoms in total. The predicted octanol–water partition coefficient (Wildman–Crippen LogP) is 1.82. The van der Waals surface area contributed by atoms with E-state index in [0.717, 1.165) is 12.8 Å². The Labute approximate surface area is 85.5 Å². The van der Waals surface area contributed by atoms with Crippen LogP contribution < -0.4 is 0 Å². The second-order valence-corrected chi connectivity index (χ2v) is 4.88. The Morgan fingerprint density at radius 1 is 1.14 bits per heavy atom. The minimum atomic E-state index is -0.561. The molecule has 1 unspecified atom stereocenters. The van der Waals surface area contributed by atoms with Gasteiger partial charge in [0.1, 0.15) is 0 Å². The number of carbonyl (C=O) groups excluding carboxylic acids is 2. The van der Waals surface area contributed by atoms with Crippen LogP contribution in [0.25, 0.3) is 0 Å². The molecule has 1 rings (SSSR count). The van der Waals surface area contributed by atoms with Gasteiger partial charge in [-0.15, -0.1) is 0 Å². The van der Waals surface area contributed by atoms with Gasteiger partial charge in [0.15, 0.2) is 0 Å². The minimum absolute atomic E-state index is 0.0330. The zero-order valence-corrected chi connectivity index (χ0v) is 9.68. The van der Waals surface area contributed by atoms with Crippen LogP contribution in [0.4, 0.5) is 0 Å². The summed E-state index contributed by atoms with van der Waals surface area (Å²) in [5, 5.41) is 0. The maximum Gasteiger partial charge on any atom is 0.235 e. The first kappa shape index (κ1) is 11.2. The van der Waals surface area contributed by atoms with Gasteiger partial charge in [-0.3, -0.25) is 14.5 Å². The van der Waals surface area contributed by atoms with Crippen molar-refractivity contribution < 1.29 is 9.59 Å². The van der Waals surface area contributed by atoms with Gasteiger partial charge in [0.25, 0.3) is 0 Å². The van der Waals surface area contributed by atoms with Gasteiger partial charge in [0.05, 0.1) is 10.8 Å². The molecule has 0 aromatic carbocycles. The Kier molecular flexibility index (Phi) is 2.46. The Bertz CT molecular complexity index is 283. The van der Waals surface area contributed by atoms with Crippen molar-refractivity contribution in [1.82, 2.24) is 4.90 Å². The summed E-state index contributed by atoms with van der Waals surface area (Å²) in [4.78, 5) is 25.1. The largest absolute Gasteiger partial charge is 0.285 e. The summed E-state index contributed by atoms with van der Waals surface area (Å²) in [6, 6.07) is 0. The molecule has 1 heterocycles. The molecule has 80 valence electrons. The summed E-state index contributed by atoms with van der Waals surface area (Å²) in [6.45, 7) is 7.68. The fourth-order valence-electron chi connectivity index (χ4n) is 2.30. The molecule has 1 aliphatic rings. The Morgan fingerprint density at radius 2 is 1.64 bits per heavy atom. The Morgan fingerprint density at radius 3 is 1.93 bits per heavy atom. The first-order valence-corrected chi connectivity index (χ1v) is 5.11. The van der Waals surface area contributed by atoms with Gasteiger partial charge in [-0.1, -0.05) is 13.3 Å². The third-order valence-electron chi connectivity index (χ3n) is 3.75. The monoisotopic (exact) mass is 197 g/mol. The van der Waals surface area contributed by atoms with E-state index in [1.807, 2.05) is 27.7 Å². The van der Waals surface area contributed by atoms with Crippen molar-refractivity contribution in [2.24, 2.45) is 10.8 Å². The number of likely N-dealkylation sites (tertiary alicyclic amines) is 1. The lowest BCUT2D eigenvalue weighted by Crippen LogP contribution is -2.37. The molecule has 1 fully saturated rings. The second-order valence-electron chi connectivity index (χ2n) is 4.88. The second kappa shape index (κ2) is 3.07. The molecule has 0 aromatic heterocycles. The normalized spacial score (nSPS) is 31.4. The SMILES string of the molecule is CCCC1(C)C(=O)N(C)C(=O)C1(C)C. The van der Waals surface area contributed by atoms with Crippen molar-refractivity contribution >= 4 is 11.8 Å². The smallest absolute Gasteiger partial charge is 0.235 e. The molecule has 3 heteroatoms. The van der Waals surface area contributed by atoms with E-state index in [4.69, 9.17) is 0 Å². The summed E-state index contributed by atoms with van der Waals surface area (Å²) < 4.78 is 0. The van der Waals surface area contributed by atoms with Crippen LogP contribution >= 0.6 is 0 Å². The standard InChI is InChI=1S/C11H19NO2/c1-6-7-11(4)9(14)12(5)8(13)10(11,2)3/h6-7H2,1-5H3. The topological polar surface area (TPSA) is 37.4 Å². The van der Waals surface area contributed by atoms with E-state index in [2.05, 4.69) is 0 Å². The highest BCUT2D eigenvalue weighted by Crippen LogP contribution is 2.49. The van der Waals surface area contributed by atoms with Crippen LogP contribution in [0, 0.1) is 10.8 Å². The van der Waals surface area contributed by atoms with Gasteiger partial charge in [-0.25, -0.2) is 0 Å². The van der Waals surface area contributed by atoms with Gasteiger partial charge in [0, 0.05) is 7.05 Å². The number of hydrogen-bond acceptors (Lipinski definition) is 2. The molecule has 14 heavy (non-hydrogen) atoms. The molecule has 0 N–H and O–H groups in total. The molecule has 0 bridgehead atoms. The fourth-order valence-corrected chi connectivity index (χ4v) is 2.30. The lowest BCUT2D eigenvalue weighted by atomic mass is 9.66. The molecule has 0 radical (unpaired) electrons. The number of hydrogen-bond donors (Lipinski definition) is 0. The first-order chi connectivity index (χ1) is 6.29. The third-order valence-corrected chi connectivity index (χ3v) is 3.75. The van der Waals surface area contributed by atoms with Crippen LogP contribution in [0.1, 0.15) is 40.5 Å². The third kappa shape index (κ3) is 1.11.